The summed E-state index contributed by atoms with van der Waals surface area (Å²) in [5, 5.41) is 9.79. The van der Waals surface area contributed by atoms with Crippen LogP contribution in [0.5, 0.6) is 0 Å². The van der Waals surface area contributed by atoms with Gasteiger partial charge in [0.15, 0.2) is 5.69 Å². The number of halogens is 2. The first kappa shape index (κ1) is 13.6. The highest BCUT2D eigenvalue weighted by Crippen LogP contribution is 2.26. The van der Waals surface area contributed by atoms with Crippen LogP contribution in [0.4, 0.5) is 15.8 Å². The highest BCUT2D eigenvalue weighted by Gasteiger charge is 2.17. The predicted octanol–water partition coefficient (Wildman–Crippen LogP) is 3.30. The Balaban J connectivity index is 2.00. The van der Waals surface area contributed by atoms with Crippen molar-refractivity contribution in [2.45, 2.75) is 0 Å². The van der Waals surface area contributed by atoms with Gasteiger partial charge in [-0.15, -0.1) is 0 Å². The summed E-state index contributed by atoms with van der Waals surface area (Å²) in [5.41, 5.74) is 7.14. The van der Waals surface area contributed by atoms with Crippen LogP contribution in [0.3, 0.4) is 0 Å². The van der Waals surface area contributed by atoms with Gasteiger partial charge >= 0.3 is 0 Å². The summed E-state index contributed by atoms with van der Waals surface area (Å²) in [6.45, 7) is 0. The maximum Gasteiger partial charge on any atom is 0.276 e. The van der Waals surface area contributed by atoms with Crippen LogP contribution in [0, 0.1) is 5.82 Å². The molecule has 3 aromatic rings. The lowest BCUT2D eigenvalue weighted by atomic mass is 10.2. The van der Waals surface area contributed by atoms with Gasteiger partial charge in [0, 0.05) is 15.5 Å². The molecule has 5 nitrogen and oxygen atoms in total. The Morgan fingerprint density at radius 1 is 1.33 bits per heavy atom. The van der Waals surface area contributed by atoms with Crippen molar-refractivity contribution in [1.82, 2.24) is 10.2 Å². The van der Waals surface area contributed by atoms with E-state index < -0.39 is 11.7 Å². The third-order valence-electron chi connectivity index (χ3n) is 3.00. The van der Waals surface area contributed by atoms with Gasteiger partial charge in [-0.05, 0) is 46.3 Å². The molecule has 0 saturated carbocycles. The van der Waals surface area contributed by atoms with Crippen LogP contribution in [-0.2, 0) is 0 Å². The Hall–Kier alpha value is -2.41. The number of anilines is 2. The van der Waals surface area contributed by atoms with E-state index in [9.17, 15) is 9.18 Å². The second-order valence-corrected chi connectivity index (χ2v) is 5.28. The van der Waals surface area contributed by atoms with Gasteiger partial charge in [-0.25, -0.2) is 4.39 Å². The number of rotatable bonds is 2. The highest BCUT2D eigenvalue weighted by atomic mass is 79.9. The number of H-pyrrole nitrogens is 1. The Morgan fingerprint density at radius 2 is 2.14 bits per heavy atom. The van der Waals surface area contributed by atoms with Gasteiger partial charge in [-0.2, -0.15) is 5.10 Å². The van der Waals surface area contributed by atoms with Gasteiger partial charge in [0.1, 0.15) is 5.82 Å². The average molecular weight is 349 g/mol. The van der Waals surface area contributed by atoms with Crippen LogP contribution in [0.15, 0.2) is 40.9 Å². The van der Waals surface area contributed by atoms with Gasteiger partial charge in [0.05, 0.1) is 11.2 Å². The fourth-order valence-corrected chi connectivity index (χ4v) is 2.44. The van der Waals surface area contributed by atoms with Crippen molar-refractivity contribution in [2.24, 2.45) is 0 Å². The normalized spacial score (nSPS) is 10.8. The number of nitrogen functional groups attached to an aromatic ring is 1. The molecule has 0 fully saturated rings. The zero-order chi connectivity index (χ0) is 15.0. The van der Waals surface area contributed by atoms with E-state index in [1.165, 1.54) is 6.07 Å². The summed E-state index contributed by atoms with van der Waals surface area (Å²) in [6.07, 6.45) is 0. The topological polar surface area (TPSA) is 83.8 Å². The third kappa shape index (κ3) is 2.47. The van der Waals surface area contributed by atoms with E-state index in [1.807, 2.05) is 0 Å². The van der Waals surface area contributed by atoms with Crippen molar-refractivity contribution in [3.05, 3.63) is 52.4 Å². The Bertz CT molecular complexity index is 826. The minimum atomic E-state index is -0.530. The van der Waals surface area contributed by atoms with E-state index in [-0.39, 0.29) is 11.4 Å². The van der Waals surface area contributed by atoms with Crippen molar-refractivity contribution in [3.8, 4) is 0 Å². The van der Waals surface area contributed by atoms with Crippen molar-refractivity contribution in [2.75, 3.05) is 11.1 Å². The number of hydrogen-bond acceptors (Lipinski definition) is 3. The van der Waals surface area contributed by atoms with Gasteiger partial charge < -0.3 is 11.1 Å². The van der Waals surface area contributed by atoms with Gasteiger partial charge in [-0.1, -0.05) is 6.07 Å². The lowest BCUT2D eigenvalue weighted by molar-refractivity contribution is 0.102. The first-order valence-corrected chi connectivity index (χ1v) is 6.84. The number of carbonyl (C=O) groups is 1. The van der Waals surface area contributed by atoms with Crippen LogP contribution in [0.2, 0.25) is 0 Å². The first-order valence-electron chi connectivity index (χ1n) is 6.05. The molecule has 0 unspecified atom stereocenters. The fourth-order valence-electron chi connectivity index (χ4n) is 1.99. The number of nitrogens with one attached hydrogen (secondary N) is 2. The molecule has 1 heterocycles. The molecule has 21 heavy (non-hydrogen) atoms. The van der Waals surface area contributed by atoms with Crippen LogP contribution >= 0.6 is 15.9 Å². The number of hydrogen-bond donors (Lipinski definition) is 3. The fraction of sp³-hybridized carbons (Fsp3) is 0. The minimum Gasteiger partial charge on any atom is -0.399 e. The largest absolute Gasteiger partial charge is 0.399 e. The van der Waals surface area contributed by atoms with E-state index >= 15 is 0 Å². The molecule has 0 atom stereocenters. The molecule has 0 spiro atoms. The zero-order valence-electron chi connectivity index (χ0n) is 10.7. The number of amides is 1. The Labute approximate surface area is 127 Å². The smallest absolute Gasteiger partial charge is 0.276 e. The van der Waals surface area contributed by atoms with Crippen molar-refractivity contribution >= 4 is 44.1 Å². The number of aromatic amines is 1. The summed E-state index contributed by atoms with van der Waals surface area (Å²) < 4.78 is 14.2. The van der Waals surface area contributed by atoms with Crippen molar-refractivity contribution in [3.63, 3.8) is 0 Å². The van der Waals surface area contributed by atoms with Crippen LogP contribution in [-0.4, -0.2) is 16.1 Å². The predicted molar refractivity (Wildman–Crippen MR) is 82.6 cm³/mol. The summed E-state index contributed by atoms with van der Waals surface area (Å²) in [5.74, 6) is -1.05. The molecule has 1 aromatic heterocycles. The van der Waals surface area contributed by atoms with E-state index in [4.69, 9.17) is 5.73 Å². The van der Waals surface area contributed by atoms with Crippen molar-refractivity contribution in [1.29, 1.82) is 0 Å². The standard InChI is InChI=1S/C14H10BrFN4O/c15-9-2-1-3-10(16)13(9)18-14(21)12-8-6-7(17)4-5-11(8)19-20-12/h1-6H,17H2,(H,18,21)(H,19,20). The van der Waals surface area contributed by atoms with Crippen molar-refractivity contribution < 1.29 is 9.18 Å². The quantitative estimate of drug-likeness (QED) is 0.621. The molecule has 0 aliphatic rings. The molecule has 0 bridgehead atoms. The van der Waals surface area contributed by atoms with Crippen LogP contribution in [0.1, 0.15) is 10.5 Å². The molecule has 0 aliphatic heterocycles. The molecule has 4 N–H and O–H groups in total. The number of nitrogens with two attached hydrogens (primary N) is 1. The average Bonchev–Trinajstić information content (AvgIpc) is 2.86. The molecule has 106 valence electrons. The van der Waals surface area contributed by atoms with E-state index in [0.29, 0.717) is 21.1 Å². The lowest BCUT2D eigenvalue weighted by Gasteiger charge is -2.07. The van der Waals surface area contributed by atoms with Gasteiger partial charge in [0.25, 0.3) is 5.91 Å². The number of benzene rings is 2. The molecular formula is C14H10BrFN4O. The molecule has 3 rings (SSSR count). The molecule has 7 heteroatoms. The van der Waals surface area contributed by atoms with E-state index in [2.05, 4.69) is 31.4 Å². The number of fused-ring (bicyclic) bond motifs is 1. The molecule has 0 radical (unpaired) electrons. The van der Waals surface area contributed by atoms with E-state index in [1.54, 1.807) is 30.3 Å². The second kappa shape index (κ2) is 5.17. The number of nitrogens with zero attached hydrogens (tertiary/aromatic N) is 1. The molecule has 0 aliphatic carbocycles. The summed E-state index contributed by atoms with van der Waals surface area (Å²) in [7, 11) is 0. The summed E-state index contributed by atoms with van der Waals surface area (Å²) in [6, 6.07) is 9.52. The third-order valence-corrected chi connectivity index (χ3v) is 3.66. The van der Waals surface area contributed by atoms with Gasteiger partial charge in [0.2, 0.25) is 0 Å². The Kier molecular flexibility index (Phi) is 3.34. The Morgan fingerprint density at radius 3 is 2.90 bits per heavy atom. The monoisotopic (exact) mass is 348 g/mol. The maximum absolute atomic E-state index is 13.7. The lowest BCUT2D eigenvalue weighted by Crippen LogP contribution is -2.14. The highest BCUT2D eigenvalue weighted by molar-refractivity contribution is 9.10. The van der Waals surface area contributed by atoms with Crippen LogP contribution in [0.25, 0.3) is 10.9 Å². The number of carbonyl (C=O) groups excluding carboxylic acids is 1. The number of para-hydroxylation sites is 1. The summed E-state index contributed by atoms with van der Waals surface area (Å²) in [4.78, 5) is 12.3. The minimum absolute atomic E-state index is 0.0718. The van der Waals surface area contributed by atoms with Gasteiger partial charge in [-0.3, -0.25) is 9.89 Å². The SMILES string of the molecule is Nc1ccc2[nH]nc(C(=O)Nc3c(F)cccc3Br)c2c1. The zero-order valence-corrected chi connectivity index (χ0v) is 12.2. The molecule has 0 saturated heterocycles. The van der Waals surface area contributed by atoms with E-state index in [0.717, 1.165) is 0 Å². The van der Waals surface area contributed by atoms with Crippen LogP contribution < -0.4 is 11.1 Å². The first-order chi connectivity index (χ1) is 10.1. The number of aromatic nitrogens is 2. The maximum atomic E-state index is 13.7. The molecular weight excluding hydrogens is 339 g/mol. The summed E-state index contributed by atoms with van der Waals surface area (Å²) >= 11 is 3.20. The molecule has 2 aromatic carbocycles. The second-order valence-electron chi connectivity index (χ2n) is 4.43. The molecule has 1 amide bonds.